The van der Waals surface area contributed by atoms with E-state index in [-0.39, 0.29) is 18.2 Å². The fourth-order valence-electron chi connectivity index (χ4n) is 1.19. The zero-order valence-electron chi connectivity index (χ0n) is 9.56. The topological polar surface area (TPSA) is 68.0 Å². The van der Waals surface area contributed by atoms with Crippen LogP contribution in [0.1, 0.15) is 39.6 Å². The summed E-state index contributed by atoms with van der Waals surface area (Å²) in [4.78, 5) is 15.6. The summed E-state index contributed by atoms with van der Waals surface area (Å²) in [7, 11) is 0. The van der Waals surface area contributed by atoms with Crippen LogP contribution in [0.2, 0.25) is 0 Å². The molecule has 0 radical (unpaired) electrons. The normalized spacial score (nSPS) is 12.1. The van der Waals surface area contributed by atoms with Crippen molar-refractivity contribution in [3.8, 4) is 0 Å². The van der Waals surface area contributed by atoms with Crippen LogP contribution in [-0.4, -0.2) is 31.3 Å². The number of carbonyl (C=O) groups is 1. The third kappa shape index (κ3) is 2.86. The molecule has 0 amide bonds. The number of hydrogen-bond donors (Lipinski definition) is 1. The van der Waals surface area contributed by atoms with E-state index >= 15 is 0 Å². The second kappa shape index (κ2) is 4.10. The Bertz CT molecular complexity index is 350. The van der Waals surface area contributed by atoms with Gasteiger partial charge in [0.2, 0.25) is 0 Å². The Kier molecular flexibility index (Phi) is 3.24. The van der Waals surface area contributed by atoms with Crippen LogP contribution in [-0.2, 0) is 11.2 Å². The molecule has 0 aliphatic heterocycles. The molecule has 84 valence electrons. The minimum absolute atomic E-state index is 0.113. The SMILES string of the molecule is CC(C)n1ncnc1CC(=O)C(C)(C)O. The lowest BCUT2D eigenvalue weighted by Gasteiger charge is -2.16. The van der Waals surface area contributed by atoms with Gasteiger partial charge in [-0.05, 0) is 27.7 Å². The minimum Gasteiger partial charge on any atom is -0.383 e. The Morgan fingerprint density at radius 3 is 2.67 bits per heavy atom. The average Bonchev–Trinajstić information content (AvgIpc) is 2.50. The summed E-state index contributed by atoms with van der Waals surface area (Å²) in [5.74, 6) is 0.342. The number of rotatable bonds is 4. The van der Waals surface area contributed by atoms with E-state index in [1.807, 2.05) is 13.8 Å². The van der Waals surface area contributed by atoms with Crippen molar-refractivity contribution in [3.05, 3.63) is 12.2 Å². The molecule has 0 spiro atoms. The van der Waals surface area contributed by atoms with E-state index in [9.17, 15) is 9.90 Å². The maximum absolute atomic E-state index is 11.6. The van der Waals surface area contributed by atoms with Crippen LogP contribution in [0.5, 0.6) is 0 Å². The van der Waals surface area contributed by atoms with Gasteiger partial charge in [0.25, 0.3) is 0 Å². The predicted molar refractivity (Wildman–Crippen MR) is 55.4 cm³/mol. The summed E-state index contributed by atoms with van der Waals surface area (Å²) in [6.45, 7) is 6.89. The second-order valence-electron chi connectivity index (χ2n) is 4.37. The molecular weight excluding hydrogens is 194 g/mol. The standard InChI is InChI=1S/C10H17N3O2/c1-7(2)13-9(11-6-12-13)5-8(14)10(3,4)15/h6-7,15H,5H2,1-4H3. The molecule has 5 nitrogen and oxygen atoms in total. The Morgan fingerprint density at radius 2 is 2.20 bits per heavy atom. The van der Waals surface area contributed by atoms with Crippen molar-refractivity contribution >= 4 is 5.78 Å². The first-order chi connectivity index (χ1) is 6.82. The van der Waals surface area contributed by atoms with Crippen molar-refractivity contribution in [1.29, 1.82) is 0 Å². The molecule has 0 aromatic carbocycles. The summed E-state index contributed by atoms with van der Waals surface area (Å²) in [6.07, 6.45) is 1.54. The van der Waals surface area contributed by atoms with Crippen molar-refractivity contribution in [1.82, 2.24) is 14.8 Å². The van der Waals surface area contributed by atoms with Crippen LogP contribution in [0.25, 0.3) is 0 Å². The van der Waals surface area contributed by atoms with Gasteiger partial charge in [-0.25, -0.2) is 9.67 Å². The van der Waals surface area contributed by atoms with Crippen LogP contribution >= 0.6 is 0 Å². The number of nitrogens with zero attached hydrogens (tertiary/aromatic N) is 3. The van der Waals surface area contributed by atoms with Crippen LogP contribution in [0, 0.1) is 0 Å². The summed E-state index contributed by atoms with van der Waals surface area (Å²) in [5.41, 5.74) is -1.31. The summed E-state index contributed by atoms with van der Waals surface area (Å²) >= 11 is 0. The molecule has 1 aromatic rings. The van der Waals surface area contributed by atoms with Crippen LogP contribution < -0.4 is 0 Å². The molecule has 0 aliphatic carbocycles. The average molecular weight is 211 g/mol. The molecule has 0 fully saturated rings. The highest BCUT2D eigenvalue weighted by Crippen LogP contribution is 2.10. The van der Waals surface area contributed by atoms with E-state index in [0.29, 0.717) is 5.82 Å². The quantitative estimate of drug-likeness (QED) is 0.797. The molecule has 0 saturated heterocycles. The van der Waals surface area contributed by atoms with Gasteiger partial charge in [0.1, 0.15) is 17.8 Å². The summed E-state index contributed by atoms with van der Waals surface area (Å²) in [5, 5.41) is 13.5. The fourth-order valence-corrected chi connectivity index (χ4v) is 1.19. The molecule has 0 aliphatic rings. The van der Waals surface area contributed by atoms with Gasteiger partial charge in [0.15, 0.2) is 5.78 Å². The highest BCUT2D eigenvalue weighted by molar-refractivity contribution is 5.87. The Morgan fingerprint density at radius 1 is 1.60 bits per heavy atom. The zero-order chi connectivity index (χ0) is 11.6. The highest BCUT2D eigenvalue weighted by Gasteiger charge is 2.25. The van der Waals surface area contributed by atoms with E-state index < -0.39 is 5.60 Å². The van der Waals surface area contributed by atoms with Crippen LogP contribution in [0.4, 0.5) is 0 Å². The van der Waals surface area contributed by atoms with Gasteiger partial charge in [-0.1, -0.05) is 0 Å². The van der Waals surface area contributed by atoms with E-state index in [4.69, 9.17) is 0 Å². The predicted octanol–water partition coefficient (Wildman–Crippen LogP) is 0.741. The smallest absolute Gasteiger partial charge is 0.171 e. The molecular formula is C10H17N3O2. The monoisotopic (exact) mass is 211 g/mol. The van der Waals surface area contributed by atoms with E-state index in [1.165, 1.54) is 20.2 Å². The van der Waals surface area contributed by atoms with E-state index in [0.717, 1.165) is 0 Å². The number of Topliss-reactive ketones (excluding diaryl/α,β-unsaturated/α-hetero) is 1. The van der Waals surface area contributed by atoms with Gasteiger partial charge in [-0.15, -0.1) is 0 Å². The van der Waals surface area contributed by atoms with Crippen molar-refractivity contribution in [2.75, 3.05) is 0 Å². The molecule has 1 N–H and O–H groups in total. The van der Waals surface area contributed by atoms with Gasteiger partial charge < -0.3 is 5.11 Å². The maximum Gasteiger partial charge on any atom is 0.171 e. The molecule has 5 heteroatoms. The first kappa shape index (κ1) is 11.8. The molecule has 1 heterocycles. The third-order valence-electron chi connectivity index (χ3n) is 2.14. The molecule has 1 aromatic heterocycles. The van der Waals surface area contributed by atoms with Crippen molar-refractivity contribution in [3.63, 3.8) is 0 Å². The Hall–Kier alpha value is -1.23. The number of carbonyl (C=O) groups excluding carboxylic acids is 1. The molecule has 0 atom stereocenters. The Balaban J connectivity index is 2.82. The molecule has 1 rings (SSSR count). The molecule has 0 bridgehead atoms. The van der Waals surface area contributed by atoms with Gasteiger partial charge in [-0.3, -0.25) is 4.79 Å². The van der Waals surface area contributed by atoms with Crippen LogP contribution in [0.15, 0.2) is 6.33 Å². The first-order valence-electron chi connectivity index (χ1n) is 4.96. The second-order valence-corrected chi connectivity index (χ2v) is 4.37. The maximum atomic E-state index is 11.6. The van der Waals surface area contributed by atoms with E-state index in [1.54, 1.807) is 4.68 Å². The van der Waals surface area contributed by atoms with Gasteiger partial charge in [0, 0.05) is 6.04 Å². The highest BCUT2D eigenvalue weighted by atomic mass is 16.3. The van der Waals surface area contributed by atoms with Crippen molar-refractivity contribution in [2.24, 2.45) is 0 Å². The van der Waals surface area contributed by atoms with Crippen molar-refractivity contribution in [2.45, 2.75) is 45.8 Å². The summed E-state index contributed by atoms with van der Waals surface area (Å²) < 4.78 is 1.68. The first-order valence-corrected chi connectivity index (χ1v) is 4.96. The minimum atomic E-state index is -1.31. The van der Waals surface area contributed by atoms with E-state index in [2.05, 4.69) is 10.1 Å². The van der Waals surface area contributed by atoms with Gasteiger partial charge in [-0.2, -0.15) is 5.10 Å². The molecule has 0 unspecified atom stereocenters. The lowest BCUT2D eigenvalue weighted by atomic mass is 10.0. The van der Waals surface area contributed by atoms with Gasteiger partial charge in [0.05, 0.1) is 6.42 Å². The molecule has 0 saturated carbocycles. The van der Waals surface area contributed by atoms with Crippen LogP contribution in [0.3, 0.4) is 0 Å². The van der Waals surface area contributed by atoms with Gasteiger partial charge >= 0.3 is 0 Å². The largest absolute Gasteiger partial charge is 0.383 e. The number of ketones is 1. The molecule has 15 heavy (non-hydrogen) atoms. The third-order valence-corrected chi connectivity index (χ3v) is 2.14. The number of hydrogen-bond acceptors (Lipinski definition) is 4. The lowest BCUT2D eigenvalue weighted by Crippen LogP contribution is -2.33. The summed E-state index contributed by atoms with van der Waals surface area (Å²) in [6, 6.07) is 0.164. The lowest BCUT2D eigenvalue weighted by molar-refractivity contribution is -0.133. The number of aromatic nitrogens is 3. The fraction of sp³-hybridized carbons (Fsp3) is 0.700. The zero-order valence-corrected chi connectivity index (χ0v) is 9.56. The number of aliphatic hydroxyl groups is 1. The van der Waals surface area contributed by atoms with Crippen molar-refractivity contribution < 1.29 is 9.90 Å². The Labute approximate surface area is 89.1 Å².